The molecule has 4 aliphatic rings. The van der Waals surface area contributed by atoms with Crippen LogP contribution in [0, 0.1) is 17.8 Å². The van der Waals surface area contributed by atoms with Crippen molar-refractivity contribution >= 4 is 0 Å². The molecule has 0 saturated heterocycles. The summed E-state index contributed by atoms with van der Waals surface area (Å²) in [6, 6.07) is 0.373. The first-order valence-corrected chi connectivity index (χ1v) is 8.47. The van der Waals surface area contributed by atoms with E-state index in [0.29, 0.717) is 18.0 Å². The molecule has 110 valence electrons. The predicted molar refractivity (Wildman–Crippen MR) is 80.5 cm³/mol. The summed E-state index contributed by atoms with van der Waals surface area (Å²) in [6.07, 6.45) is 14.3. The highest BCUT2D eigenvalue weighted by Crippen LogP contribution is 2.60. The molecule has 20 heavy (non-hydrogen) atoms. The van der Waals surface area contributed by atoms with Crippen molar-refractivity contribution in [3.05, 3.63) is 18.0 Å². The van der Waals surface area contributed by atoms with Crippen LogP contribution in [0.5, 0.6) is 0 Å². The van der Waals surface area contributed by atoms with Crippen LogP contribution in [0.25, 0.3) is 0 Å². The molecule has 0 radical (unpaired) electrons. The van der Waals surface area contributed by atoms with Crippen LogP contribution in [-0.4, -0.2) is 16.3 Å². The van der Waals surface area contributed by atoms with Gasteiger partial charge in [-0.05, 0) is 73.7 Å². The molecular formula is C17H27N3. The first-order valence-electron chi connectivity index (χ1n) is 8.47. The minimum atomic E-state index is 0.373. The molecule has 4 saturated carbocycles. The Hall–Kier alpha value is -0.830. The van der Waals surface area contributed by atoms with Crippen LogP contribution >= 0.6 is 0 Å². The summed E-state index contributed by atoms with van der Waals surface area (Å²) >= 11 is 0. The van der Waals surface area contributed by atoms with Crippen molar-refractivity contribution in [3.8, 4) is 0 Å². The summed E-state index contributed by atoms with van der Waals surface area (Å²) in [5, 5.41) is 4.65. The SMILES string of the molecule is CCC(CN)n1cc(C23CC4CC(CC(C4)C2)C3)cn1. The zero-order valence-electron chi connectivity index (χ0n) is 12.6. The normalized spacial score (nSPS) is 40.2. The number of hydrogen-bond acceptors (Lipinski definition) is 2. The van der Waals surface area contributed by atoms with Gasteiger partial charge in [0.25, 0.3) is 0 Å². The second kappa shape index (κ2) is 4.59. The van der Waals surface area contributed by atoms with Gasteiger partial charge in [0.1, 0.15) is 0 Å². The van der Waals surface area contributed by atoms with E-state index in [1.165, 1.54) is 44.1 Å². The van der Waals surface area contributed by atoms with Crippen molar-refractivity contribution in [2.45, 2.75) is 63.3 Å². The Morgan fingerprint density at radius 1 is 1.25 bits per heavy atom. The molecule has 5 rings (SSSR count). The highest BCUT2D eigenvalue weighted by Gasteiger charge is 2.52. The summed E-state index contributed by atoms with van der Waals surface area (Å²) in [5.74, 6) is 3.00. The molecule has 1 aromatic heterocycles. The molecule has 3 nitrogen and oxygen atoms in total. The molecule has 1 aromatic rings. The number of aromatic nitrogens is 2. The Kier molecular flexibility index (Phi) is 2.95. The number of nitrogens with two attached hydrogens (primary N) is 1. The van der Waals surface area contributed by atoms with E-state index in [4.69, 9.17) is 5.73 Å². The lowest BCUT2D eigenvalue weighted by molar-refractivity contribution is -0.00524. The van der Waals surface area contributed by atoms with E-state index in [2.05, 4.69) is 29.1 Å². The number of rotatable bonds is 4. The van der Waals surface area contributed by atoms with Gasteiger partial charge in [-0.1, -0.05) is 6.92 Å². The fourth-order valence-corrected chi connectivity index (χ4v) is 5.74. The third-order valence-corrected chi connectivity index (χ3v) is 6.37. The van der Waals surface area contributed by atoms with Crippen molar-refractivity contribution in [2.24, 2.45) is 23.5 Å². The van der Waals surface area contributed by atoms with E-state index in [1.807, 2.05) is 0 Å². The van der Waals surface area contributed by atoms with Crippen molar-refractivity contribution < 1.29 is 0 Å². The molecule has 1 heterocycles. The molecule has 4 bridgehead atoms. The molecule has 0 amide bonds. The fraction of sp³-hybridized carbons (Fsp3) is 0.824. The zero-order valence-corrected chi connectivity index (χ0v) is 12.6. The zero-order chi connectivity index (χ0) is 13.7. The summed E-state index contributed by atoms with van der Waals surface area (Å²) < 4.78 is 2.13. The molecule has 4 aliphatic carbocycles. The van der Waals surface area contributed by atoms with Crippen LogP contribution in [0.2, 0.25) is 0 Å². The van der Waals surface area contributed by atoms with Gasteiger partial charge in [-0.25, -0.2) is 0 Å². The molecule has 3 heteroatoms. The highest BCUT2D eigenvalue weighted by atomic mass is 15.3. The van der Waals surface area contributed by atoms with Gasteiger partial charge in [0.15, 0.2) is 0 Å². The van der Waals surface area contributed by atoms with Gasteiger partial charge in [-0.15, -0.1) is 0 Å². The Balaban J connectivity index is 1.64. The van der Waals surface area contributed by atoms with Gasteiger partial charge in [0, 0.05) is 12.7 Å². The standard InChI is InChI=1S/C17H27N3/c1-2-16(9-18)20-11-15(10-19-20)17-6-12-3-13(7-17)5-14(4-12)8-17/h10-14,16H,2-9,18H2,1H3. The van der Waals surface area contributed by atoms with Gasteiger partial charge in [0.05, 0.1) is 12.2 Å². The quantitative estimate of drug-likeness (QED) is 0.915. The highest BCUT2D eigenvalue weighted by molar-refractivity contribution is 5.25. The third kappa shape index (κ3) is 1.86. The van der Waals surface area contributed by atoms with E-state index >= 15 is 0 Å². The van der Waals surface area contributed by atoms with Crippen LogP contribution in [0.15, 0.2) is 12.4 Å². The molecule has 0 aliphatic heterocycles. The Morgan fingerprint density at radius 2 is 1.85 bits per heavy atom. The molecule has 0 spiro atoms. The van der Waals surface area contributed by atoms with Crippen LogP contribution in [-0.2, 0) is 5.41 Å². The first-order chi connectivity index (χ1) is 9.72. The van der Waals surface area contributed by atoms with E-state index in [0.717, 1.165) is 24.2 Å². The molecule has 2 N–H and O–H groups in total. The summed E-state index contributed by atoms with van der Waals surface area (Å²) in [5.41, 5.74) is 7.86. The van der Waals surface area contributed by atoms with Gasteiger partial charge >= 0.3 is 0 Å². The average Bonchev–Trinajstić information content (AvgIpc) is 2.89. The van der Waals surface area contributed by atoms with Gasteiger partial charge in [-0.3, -0.25) is 4.68 Å². The van der Waals surface area contributed by atoms with E-state index in [1.54, 1.807) is 0 Å². The Bertz CT molecular complexity index is 451. The second-order valence-electron chi connectivity index (χ2n) is 7.70. The lowest BCUT2D eigenvalue weighted by Gasteiger charge is -2.56. The molecule has 0 aromatic carbocycles. The van der Waals surface area contributed by atoms with Crippen LogP contribution in [0.4, 0.5) is 0 Å². The molecule has 4 fully saturated rings. The minimum absolute atomic E-state index is 0.373. The van der Waals surface area contributed by atoms with Crippen molar-refractivity contribution in [3.63, 3.8) is 0 Å². The second-order valence-corrected chi connectivity index (χ2v) is 7.70. The maximum atomic E-state index is 5.87. The summed E-state index contributed by atoms with van der Waals surface area (Å²) in [6.45, 7) is 2.89. The molecular weight excluding hydrogens is 246 g/mol. The maximum absolute atomic E-state index is 5.87. The van der Waals surface area contributed by atoms with Crippen molar-refractivity contribution in [1.82, 2.24) is 9.78 Å². The average molecular weight is 273 g/mol. The van der Waals surface area contributed by atoms with E-state index in [-0.39, 0.29) is 0 Å². The number of nitrogens with zero attached hydrogens (tertiary/aromatic N) is 2. The van der Waals surface area contributed by atoms with Crippen LogP contribution < -0.4 is 5.73 Å². The van der Waals surface area contributed by atoms with Crippen molar-refractivity contribution in [1.29, 1.82) is 0 Å². The monoisotopic (exact) mass is 273 g/mol. The van der Waals surface area contributed by atoms with Gasteiger partial charge in [-0.2, -0.15) is 5.10 Å². The Morgan fingerprint density at radius 3 is 2.35 bits per heavy atom. The van der Waals surface area contributed by atoms with Gasteiger partial charge in [0.2, 0.25) is 0 Å². The molecule has 1 unspecified atom stereocenters. The minimum Gasteiger partial charge on any atom is -0.328 e. The van der Waals surface area contributed by atoms with Crippen LogP contribution in [0.3, 0.4) is 0 Å². The van der Waals surface area contributed by atoms with Crippen LogP contribution in [0.1, 0.15) is 63.5 Å². The lowest BCUT2D eigenvalue weighted by Crippen LogP contribution is -2.48. The summed E-state index contributed by atoms with van der Waals surface area (Å²) in [4.78, 5) is 0. The van der Waals surface area contributed by atoms with Crippen molar-refractivity contribution in [2.75, 3.05) is 6.54 Å². The van der Waals surface area contributed by atoms with E-state index in [9.17, 15) is 0 Å². The largest absolute Gasteiger partial charge is 0.328 e. The topological polar surface area (TPSA) is 43.8 Å². The fourth-order valence-electron chi connectivity index (χ4n) is 5.74. The Labute approximate surface area is 121 Å². The summed E-state index contributed by atoms with van der Waals surface area (Å²) in [7, 11) is 0. The third-order valence-electron chi connectivity index (χ3n) is 6.37. The molecule has 1 atom stereocenters. The van der Waals surface area contributed by atoms with E-state index < -0.39 is 0 Å². The lowest BCUT2D eigenvalue weighted by atomic mass is 9.48. The number of hydrogen-bond donors (Lipinski definition) is 1. The predicted octanol–water partition coefficient (Wildman–Crippen LogP) is 3.26. The van der Waals surface area contributed by atoms with Gasteiger partial charge < -0.3 is 5.73 Å². The smallest absolute Gasteiger partial charge is 0.0638 e. The maximum Gasteiger partial charge on any atom is 0.0638 e. The first kappa shape index (κ1) is 12.9.